The molecule has 0 unspecified atom stereocenters. The van der Waals surface area contributed by atoms with E-state index in [2.05, 4.69) is 5.32 Å². The van der Waals surface area contributed by atoms with Gasteiger partial charge in [-0.15, -0.1) is 11.8 Å². The molecule has 2 atom stereocenters. The van der Waals surface area contributed by atoms with Gasteiger partial charge in [0.25, 0.3) is 0 Å². The molecule has 0 aromatic heterocycles. The number of carbonyl (C=O) groups excluding carboxylic acids is 2. The summed E-state index contributed by atoms with van der Waals surface area (Å²) in [6, 6.07) is 26.2. The number of rotatable bonds is 12. The van der Waals surface area contributed by atoms with E-state index >= 15 is 0 Å². The van der Waals surface area contributed by atoms with Gasteiger partial charge in [0.05, 0.1) is 13.2 Å². The third kappa shape index (κ3) is 8.64. The molecule has 3 rings (SSSR count). The zero-order valence-electron chi connectivity index (χ0n) is 20.9. The molecule has 0 saturated heterocycles. The highest BCUT2D eigenvalue weighted by Crippen LogP contribution is 2.27. The SMILES string of the molecule is COc1ccc(CS[C@H](C(=O)OCc2ccccc2)[C@@H](NC(=O)OCc2ccccc2)C(C)C)cc1. The molecule has 0 aliphatic carbocycles. The van der Waals surface area contributed by atoms with Crippen LogP contribution in [0.5, 0.6) is 5.75 Å². The molecule has 3 aromatic carbocycles. The molecule has 0 aliphatic rings. The van der Waals surface area contributed by atoms with Crippen LogP contribution in [0.1, 0.15) is 30.5 Å². The first-order valence-corrected chi connectivity index (χ1v) is 12.9. The van der Waals surface area contributed by atoms with Crippen molar-refractivity contribution in [1.82, 2.24) is 5.32 Å². The first kappa shape index (κ1) is 27.1. The van der Waals surface area contributed by atoms with Crippen LogP contribution in [0.25, 0.3) is 0 Å². The lowest BCUT2D eigenvalue weighted by Gasteiger charge is -2.29. The lowest BCUT2D eigenvalue weighted by Crippen LogP contribution is -2.49. The first-order valence-electron chi connectivity index (χ1n) is 11.9. The fourth-order valence-corrected chi connectivity index (χ4v) is 4.89. The van der Waals surface area contributed by atoms with Crippen molar-refractivity contribution < 1.29 is 23.8 Å². The number of methoxy groups -OCH3 is 1. The van der Waals surface area contributed by atoms with Gasteiger partial charge in [-0.05, 0) is 34.7 Å². The second kappa shape index (κ2) is 14.2. The van der Waals surface area contributed by atoms with Gasteiger partial charge in [0.15, 0.2) is 0 Å². The van der Waals surface area contributed by atoms with E-state index in [4.69, 9.17) is 14.2 Å². The zero-order chi connectivity index (χ0) is 25.8. The van der Waals surface area contributed by atoms with Gasteiger partial charge < -0.3 is 19.5 Å². The number of hydrogen-bond donors (Lipinski definition) is 1. The molecule has 0 radical (unpaired) electrons. The van der Waals surface area contributed by atoms with Gasteiger partial charge in [-0.25, -0.2) is 4.79 Å². The van der Waals surface area contributed by atoms with Gasteiger partial charge in [-0.1, -0.05) is 86.6 Å². The van der Waals surface area contributed by atoms with Crippen LogP contribution < -0.4 is 10.1 Å². The topological polar surface area (TPSA) is 73.9 Å². The van der Waals surface area contributed by atoms with E-state index in [1.165, 1.54) is 11.8 Å². The molecule has 190 valence electrons. The van der Waals surface area contributed by atoms with Crippen molar-refractivity contribution in [2.45, 2.75) is 44.1 Å². The lowest BCUT2D eigenvalue weighted by molar-refractivity contribution is -0.145. The van der Waals surface area contributed by atoms with E-state index in [1.54, 1.807) is 7.11 Å². The first-order chi connectivity index (χ1) is 17.5. The molecule has 3 aromatic rings. The fraction of sp³-hybridized carbons (Fsp3) is 0.310. The molecule has 0 heterocycles. The molecular formula is C29H33NO5S. The fourth-order valence-electron chi connectivity index (χ4n) is 3.53. The van der Waals surface area contributed by atoms with Crippen LogP contribution in [0, 0.1) is 5.92 Å². The second-order valence-electron chi connectivity index (χ2n) is 8.65. The van der Waals surface area contributed by atoms with Gasteiger partial charge in [0.2, 0.25) is 0 Å². The number of alkyl carbamates (subject to hydrolysis) is 1. The molecule has 36 heavy (non-hydrogen) atoms. The maximum absolute atomic E-state index is 13.3. The number of benzene rings is 3. The summed E-state index contributed by atoms with van der Waals surface area (Å²) in [4.78, 5) is 26.0. The number of thioether (sulfide) groups is 1. The molecule has 0 bridgehead atoms. The van der Waals surface area contributed by atoms with Crippen molar-refractivity contribution >= 4 is 23.8 Å². The smallest absolute Gasteiger partial charge is 0.407 e. The van der Waals surface area contributed by atoms with Crippen molar-refractivity contribution in [2.75, 3.05) is 7.11 Å². The number of amides is 1. The quantitative estimate of drug-likeness (QED) is 0.304. The Morgan fingerprint density at radius 2 is 1.33 bits per heavy atom. The van der Waals surface area contributed by atoms with Crippen molar-refractivity contribution in [3.63, 3.8) is 0 Å². The van der Waals surface area contributed by atoms with Crippen LogP contribution in [0.4, 0.5) is 4.79 Å². The van der Waals surface area contributed by atoms with Gasteiger partial charge >= 0.3 is 12.1 Å². The number of ether oxygens (including phenoxy) is 3. The highest BCUT2D eigenvalue weighted by Gasteiger charge is 2.34. The average molecular weight is 508 g/mol. The third-order valence-electron chi connectivity index (χ3n) is 5.59. The molecule has 1 amide bonds. The molecule has 0 aliphatic heterocycles. The molecule has 7 heteroatoms. The largest absolute Gasteiger partial charge is 0.497 e. The summed E-state index contributed by atoms with van der Waals surface area (Å²) in [5, 5.41) is 2.29. The molecule has 0 spiro atoms. The van der Waals surface area contributed by atoms with Crippen molar-refractivity contribution in [2.24, 2.45) is 5.92 Å². The second-order valence-corrected chi connectivity index (χ2v) is 9.78. The highest BCUT2D eigenvalue weighted by atomic mass is 32.2. The van der Waals surface area contributed by atoms with E-state index in [9.17, 15) is 9.59 Å². The monoisotopic (exact) mass is 507 g/mol. The summed E-state index contributed by atoms with van der Waals surface area (Å²) in [5.74, 6) is 0.927. The highest BCUT2D eigenvalue weighted by molar-refractivity contribution is 7.99. The van der Waals surface area contributed by atoms with E-state index < -0.39 is 17.4 Å². The van der Waals surface area contributed by atoms with Crippen LogP contribution in [0.2, 0.25) is 0 Å². The Labute approximate surface area is 217 Å². The third-order valence-corrected chi connectivity index (χ3v) is 6.93. The average Bonchev–Trinajstić information content (AvgIpc) is 2.91. The van der Waals surface area contributed by atoms with Gasteiger partial charge in [0, 0.05) is 5.75 Å². The van der Waals surface area contributed by atoms with E-state index in [1.807, 2.05) is 98.8 Å². The summed E-state index contributed by atoms with van der Waals surface area (Å²) in [6.07, 6.45) is -0.566. The van der Waals surface area contributed by atoms with Crippen LogP contribution in [0.3, 0.4) is 0 Å². The normalized spacial score (nSPS) is 12.4. The minimum Gasteiger partial charge on any atom is -0.497 e. The lowest BCUT2D eigenvalue weighted by atomic mass is 10.0. The summed E-state index contributed by atoms with van der Waals surface area (Å²) in [6.45, 7) is 4.25. The van der Waals surface area contributed by atoms with E-state index in [0.717, 1.165) is 22.4 Å². The van der Waals surface area contributed by atoms with Gasteiger partial charge in [-0.3, -0.25) is 4.79 Å². The van der Waals surface area contributed by atoms with Gasteiger partial charge in [0.1, 0.15) is 24.2 Å². The van der Waals surface area contributed by atoms with Crippen molar-refractivity contribution in [3.05, 3.63) is 102 Å². The maximum atomic E-state index is 13.3. The van der Waals surface area contributed by atoms with Crippen LogP contribution in [-0.2, 0) is 33.2 Å². The minimum absolute atomic E-state index is 0.0353. The van der Waals surface area contributed by atoms with Gasteiger partial charge in [-0.2, -0.15) is 0 Å². The number of esters is 1. The summed E-state index contributed by atoms with van der Waals surface area (Å²) in [7, 11) is 1.62. The number of nitrogens with one attached hydrogen (secondary N) is 1. The number of hydrogen-bond acceptors (Lipinski definition) is 6. The van der Waals surface area contributed by atoms with Crippen molar-refractivity contribution in [1.29, 1.82) is 0 Å². The molecule has 0 saturated carbocycles. The van der Waals surface area contributed by atoms with E-state index in [-0.39, 0.29) is 25.1 Å². The molecule has 0 fully saturated rings. The summed E-state index contributed by atoms with van der Waals surface area (Å²) < 4.78 is 16.3. The predicted octanol–water partition coefficient (Wildman–Crippen LogP) is 5.99. The van der Waals surface area contributed by atoms with Crippen LogP contribution in [-0.4, -0.2) is 30.5 Å². The Kier molecular flexibility index (Phi) is 10.7. The van der Waals surface area contributed by atoms with Crippen LogP contribution in [0.15, 0.2) is 84.9 Å². The van der Waals surface area contributed by atoms with E-state index in [0.29, 0.717) is 5.75 Å². The Bertz CT molecular complexity index is 1070. The Hall–Kier alpha value is -3.45. The Balaban J connectivity index is 1.70. The van der Waals surface area contributed by atoms with Crippen molar-refractivity contribution in [3.8, 4) is 5.75 Å². The number of carbonyl (C=O) groups is 2. The predicted molar refractivity (Wildman–Crippen MR) is 143 cm³/mol. The summed E-state index contributed by atoms with van der Waals surface area (Å²) >= 11 is 1.44. The minimum atomic E-state index is -0.625. The standard InChI is InChI=1S/C29H33NO5S/c1-21(2)26(30-29(32)35-19-23-12-8-5-9-13-23)27(28(31)34-18-22-10-6-4-7-11-22)36-20-24-14-16-25(33-3)17-15-24/h4-17,21,26-27H,18-20H2,1-3H3,(H,30,32)/t26-,27-/m0/s1. The maximum Gasteiger partial charge on any atom is 0.407 e. The summed E-state index contributed by atoms with van der Waals surface area (Å²) in [5.41, 5.74) is 2.83. The Morgan fingerprint density at radius 3 is 1.86 bits per heavy atom. The molecule has 1 N–H and O–H groups in total. The Morgan fingerprint density at radius 1 is 0.778 bits per heavy atom. The molecular weight excluding hydrogens is 474 g/mol. The zero-order valence-corrected chi connectivity index (χ0v) is 21.7. The van der Waals surface area contributed by atoms with Crippen LogP contribution >= 0.6 is 11.8 Å². The molecule has 6 nitrogen and oxygen atoms in total.